The molecular weight excluding hydrogens is 479 g/mol. The van der Waals surface area contributed by atoms with Crippen molar-refractivity contribution in [2.75, 3.05) is 26.1 Å². The zero-order valence-electron chi connectivity index (χ0n) is 13.5. The maximum Gasteiger partial charge on any atom is 0.343 e. The van der Waals surface area contributed by atoms with Crippen LogP contribution in [-0.2, 0) is 14.3 Å². The van der Waals surface area contributed by atoms with Crippen LogP contribution in [-0.4, -0.2) is 53.5 Å². The first kappa shape index (κ1) is 19.9. The minimum atomic E-state index is -0.484. The van der Waals surface area contributed by atoms with Crippen molar-refractivity contribution in [2.45, 2.75) is 6.92 Å². The number of carbonyl (C=O) groups is 2. The Morgan fingerprint density at radius 1 is 1.48 bits per heavy atom. The molecule has 0 N–H and O–H groups in total. The lowest BCUT2D eigenvalue weighted by atomic mass is 10.2. The van der Waals surface area contributed by atoms with Crippen molar-refractivity contribution >= 4 is 69.0 Å². The van der Waals surface area contributed by atoms with E-state index in [4.69, 9.17) is 21.7 Å². The number of amides is 1. The van der Waals surface area contributed by atoms with Gasteiger partial charge in [-0.3, -0.25) is 4.79 Å². The van der Waals surface area contributed by atoms with Crippen molar-refractivity contribution in [3.05, 3.63) is 21.3 Å². The van der Waals surface area contributed by atoms with E-state index in [0.717, 1.165) is 3.57 Å². The van der Waals surface area contributed by atoms with Crippen LogP contribution in [0.3, 0.4) is 0 Å². The van der Waals surface area contributed by atoms with Gasteiger partial charge in [-0.25, -0.2) is 4.79 Å². The molecule has 1 aromatic rings. The van der Waals surface area contributed by atoms with E-state index in [2.05, 4.69) is 32.4 Å². The second-order valence-electron chi connectivity index (χ2n) is 4.63. The fraction of sp³-hybridized carbons (Fsp3) is 0.333. The van der Waals surface area contributed by atoms with Gasteiger partial charge in [-0.2, -0.15) is 10.1 Å². The van der Waals surface area contributed by atoms with Crippen LogP contribution in [0.4, 0.5) is 0 Å². The molecule has 1 fully saturated rings. The molecule has 0 saturated carbocycles. The molecule has 25 heavy (non-hydrogen) atoms. The molecule has 134 valence electrons. The van der Waals surface area contributed by atoms with Crippen molar-refractivity contribution in [1.29, 1.82) is 0 Å². The van der Waals surface area contributed by atoms with Gasteiger partial charge in [0.05, 0.1) is 29.3 Å². The number of thiocarbonyl (C=S) groups is 1. The van der Waals surface area contributed by atoms with Crippen LogP contribution in [0, 0.1) is 3.57 Å². The zero-order valence-corrected chi connectivity index (χ0v) is 17.3. The number of halogens is 1. The van der Waals surface area contributed by atoms with Gasteiger partial charge in [-0.1, -0.05) is 24.0 Å². The summed E-state index contributed by atoms with van der Waals surface area (Å²) in [4.78, 5) is 23.0. The van der Waals surface area contributed by atoms with E-state index in [1.807, 2.05) is 6.92 Å². The third kappa shape index (κ3) is 5.28. The molecule has 2 rings (SSSR count). The maximum atomic E-state index is 11.7. The third-order valence-corrected chi connectivity index (χ3v) is 5.08. The topological polar surface area (TPSA) is 77.4 Å². The number of ether oxygens (including phenoxy) is 3. The van der Waals surface area contributed by atoms with Crippen LogP contribution < -0.4 is 9.47 Å². The summed E-state index contributed by atoms with van der Waals surface area (Å²) >= 11 is 8.44. The number of carbonyl (C=O) groups excluding carboxylic acids is 2. The summed E-state index contributed by atoms with van der Waals surface area (Å²) in [6.07, 6.45) is 1.53. The van der Waals surface area contributed by atoms with E-state index >= 15 is 0 Å². The van der Waals surface area contributed by atoms with E-state index < -0.39 is 5.97 Å². The van der Waals surface area contributed by atoms with Crippen LogP contribution in [0.15, 0.2) is 17.2 Å². The average Bonchev–Trinajstić information content (AvgIpc) is 2.90. The second kappa shape index (κ2) is 9.34. The first-order valence-electron chi connectivity index (χ1n) is 7.16. The Morgan fingerprint density at radius 3 is 2.84 bits per heavy atom. The third-order valence-electron chi connectivity index (χ3n) is 2.94. The Hall–Kier alpha value is -1.40. The number of methoxy groups -OCH3 is 1. The van der Waals surface area contributed by atoms with Crippen molar-refractivity contribution in [1.82, 2.24) is 5.01 Å². The van der Waals surface area contributed by atoms with Crippen molar-refractivity contribution in [2.24, 2.45) is 5.10 Å². The molecule has 0 radical (unpaired) electrons. The molecule has 10 heteroatoms. The molecule has 1 amide bonds. The summed E-state index contributed by atoms with van der Waals surface area (Å²) in [7, 11) is 1.29. The Bertz CT molecular complexity index is 710. The SMILES string of the molecule is CCOc1cc(/C=N/N2C(=O)CSC2=S)cc(I)c1OCC(=O)OC. The quantitative estimate of drug-likeness (QED) is 0.250. The normalized spacial score (nSPS) is 14.3. The first-order chi connectivity index (χ1) is 12.0. The maximum absolute atomic E-state index is 11.7. The van der Waals surface area contributed by atoms with Gasteiger partial charge in [0.1, 0.15) is 0 Å². The summed E-state index contributed by atoms with van der Waals surface area (Å²) in [5, 5.41) is 5.34. The number of hydrazone groups is 1. The molecule has 0 atom stereocenters. The highest BCUT2D eigenvalue weighted by atomic mass is 127. The van der Waals surface area contributed by atoms with Crippen LogP contribution in [0.2, 0.25) is 0 Å². The van der Waals surface area contributed by atoms with Gasteiger partial charge in [0.25, 0.3) is 5.91 Å². The summed E-state index contributed by atoms with van der Waals surface area (Å²) in [6.45, 7) is 2.06. The van der Waals surface area contributed by atoms with Gasteiger partial charge in [0.2, 0.25) is 0 Å². The van der Waals surface area contributed by atoms with Gasteiger partial charge in [0.15, 0.2) is 22.4 Å². The lowest BCUT2D eigenvalue weighted by Gasteiger charge is -2.14. The largest absolute Gasteiger partial charge is 0.490 e. The number of hydrogen-bond donors (Lipinski definition) is 0. The van der Waals surface area contributed by atoms with E-state index in [9.17, 15) is 9.59 Å². The number of rotatable bonds is 7. The first-order valence-corrected chi connectivity index (χ1v) is 9.63. The van der Waals surface area contributed by atoms with E-state index in [0.29, 0.717) is 33.7 Å². The predicted molar refractivity (Wildman–Crippen MR) is 107 cm³/mol. The number of hydrogen-bond acceptors (Lipinski definition) is 8. The Labute approximate surface area is 168 Å². The molecule has 7 nitrogen and oxygen atoms in total. The molecule has 0 aromatic heterocycles. The Morgan fingerprint density at radius 2 is 2.24 bits per heavy atom. The van der Waals surface area contributed by atoms with Gasteiger partial charge in [0, 0.05) is 0 Å². The zero-order chi connectivity index (χ0) is 18.4. The molecule has 1 heterocycles. The fourth-order valence-electron chi connectivity index (χ4n) is 1.84. The molecule has 0 unspecified atom stereocenters. The summed E-state index contributed by atoms with van der Waals surface area (Å²) in [6, 6.07) is 3.52. The van der Waals surface area contributed by atoms with E-state index in [1.54, 1.807) is 12.1 Å². The van der Waals surface area contributed by atoms with Gasteiger partial charge in [-0.05, 0) is 47.2 Å². The van der Waals surface area contributed by atoms with Crippen molar-refractivity contribution in [3.63, 3.8) is 0 Å². The lowest BCUT2D eigenvalue weighted by Crippen LogP contribution is -2.22. The molecule has 1 aliphatic heterocycles. The highest BCUT2D eigenvalue weighted by Crippen LogP contribution is 2.34. The van der Waals surface area contributed by atoms with Crippen LogP contribution in [0.5, 0.6) is 11.5 Å². The smallest absolute Gasteiger partial charge is 0.343 e. The van der Waals surface area contributed by atoms with Gasteiger partial charge in [-0.15, -0.1) is 0 Å². The van der Waals surface area contributed by atoms with Crippen molar-refractivity contribution in [3.8, 4) is 11.5 Å². The fourth-order valence-corrected chi connectivity index (χ4v) is 3.59. The van der Waals surface area contributed by atoms with Crippen LogP contribution in [0.25, 0.3) is 0 Å². The minimum absolute atomic E-state index is 0.149. The molecule has 1 aliphatic rings. The summed E-state index contributed by atoms with van der Waals surface area (Å²) in [5.74, 6) is 0.599. The van der Waals surface area contributed by atoms with Crippen LogP contribution in [0.1, 0.15) is 12.5 Å². The van der Waals surface area contributed by atoms with Gasteiger partial charge < -0.3 is 14.2 Å². The van der Waals surface area contributed by atoms with E-state index in [-0.39, 0.29) is 12.5 Å². The number of nitrogens with zero attached hydrogens (tertiary/aromatic N) is 2. The molecule has 0 bridgehead atoms. The molecule has 1 saturated heterocycles. The molecule has 0 spiro atoms. The highest BCUT2D eigenvalue weighted by Gasteiger charge is 2.26. The standard InChI is InChI=1S/C15H15IN2O5S2/c1-3-22-11-5-9(6-17-18-12(19)8-25-15(18)24)4-10(16)14(11)23-7-13(20)21-2/h4-6H,3,7-8H2,1-2H3/b17-6+. The molecule has 0 aliphatic carbocycles. The summed E-state index contributed by atoms with van der Waals surface area (Å²) < 4.78 is 16.8. The number of thioether (sulfide) groups is 1. The van der Waals surface area contributed by atoms with Gasteiger partial charge >= 0.3 is 5.97 Å². The monoisotopic (exact) mass is 494 g/mol. The van der Waals surface area contributed by atoms with E-state index in [1.165, 1.54) is 30.1 Å². The number of benzene rings is 1. The summed E-state index contributed by atoms with van der Waals surface area (Å²) in [5.41, 5.74) is 0.714. The molecular formula is C15H15IN2O5S2. The minimum Gasteiger partial charge on any atom is -0.490 e. The number of esters is 1. The highest BCUT2D eigenvalue weighted by molar-refractivity contribution is 14.1. The predicted octanol–water partition coefficient (Wildman–Crippen LogP) is 2.44. The molecule has 1 aromatic carbocycles. The lowest BCUT2D eigenvalue weighted by molar-refractivity contribution is -0.143. The Balaban J connectivity index is 2.24. The average molecular weight is 494 g/mol. The van der Waals surface area contributed by atoms with Crippen LogP contribution >= 0.6 is 46.6 Å². The Kier molecular flexibility index (Phi) is 7.44. The second-order valence-corrected chi connectivity index (χ2v) is 7.40. The van der Waals surface area contributed by atoms with Crippen molar-refractivity contribution < 1.29 is 23.8 Å².